The zero-order chi connectivity index (χ0) is 52.9. The third kappa shape index (κ3) is 6.64. The van der Waals surface area contributed by atoms with Crippen LogP contribution in [0.2, 0.25) is 0 Å². The summed E-state index contributed by atoms with van der Waals surface area (Å²) >= 11 is 1.42. The molecule has 0 aliphatic rings. The summed E-state index contributed by atoms with van der Waals surface area (Å²) in [6.07, 6.45) is 0. The number of benzene rings is 8. The van der Waals surface area contributed by atoms with Crippen molar-refractivity contribution in [3.8, 4) is 56.4 Å². The molecule has 10 rings (SSSR count). The van der Waals surface area contributed by atoms with Crippen LogP contribution in [0.5, 0.6) is 0 Å². The normalized spacial score (nSPS) is 15.4. The van der Waals surface area contributed by atoms with Gasteiger partial charge in [-0.2, -0.15) is 0 Å². The summed E-state index contributed by atoms with van der Waals surface area (Å²) in [7, 11) is 0. The number of hydrogen-bond donors (Lipinski definition) is 0. The van der Waals surface area contributed by atoms with E-state index in [0.29, 0.717) is 22.2 Å². The Hall–Kier alpha value is -7.21. The molecule has 2 heterocycles. The predicted molar refractivity (Wildman–Crippen MR) is 239 cm³/mol. The van der Waals surface area contributed by atoms with Crippen LogP contribution in [0, 0.1) is 6.92 Å². The van der Waals surface area contributed by atoms with Gasteiger partial charge in [0, 0.05) is 53.9 Å². The van der Waals surface area contributed by atoms with Crippen LogP contribution in [0.4, 0.5) is 17.1 Å². The molecule has 2 aromatic heterocycles. The zero-order valence-corrected chi connectivity index (χ0v) is 30.8. The highest BCUT2D eigenvalue weighted by Gasteiger charge is 2.18. The van der Waals surface area contributed by atoms with Gasteiger partial charge in [0.25, 0.3) is 0 Å². The van der Waals surface area contributed by atoms with Crippen LogP contribution in [0.25, 0.3) is 76.6 Å². The minimum Gasteiger partial charge on any atom is -0.310 e. The maximum absolute atomic E-state index is 9.56. The topological polar surface area (TPSA) is 41.9 Å². The van der Waals surface area contributed by atoms with E-state index in [1.54, 1.807) is 12.1 Å². The molecule has 0 atom stereocenters. The Bertz CT molecular complexity index is 3850. The van der Waals surface area contributed by atoms with Gasteiger partial charge < -0.3 is 4.90 Å². The van der Waals surface area contributed by atoms with E-state index in [-0.39, 0.29) is 16.7 Å². The third-order valence-corrected chi connectivity index (χ3v) is 10.3. The number of hydrogen-bond acceptors (Lipinski definition) is 5. The van der Waals surface area contributed by atoms with Crippen molar-refractivity contribution in [2.45, 2.75) is 6.92 Å². The standard InChI is InChI=1S/C52H36N4S/c1-35-14-11-12-22-46(35)56(42-29-24-37(25-30-42)36-15-5-2-6-16-36)43-31-26-38(27-32-43)41-28-33-44-48(34-41)57-47-23-13-21-45(49(44)47)52-54-50(39-17-7-3-8-18-39)53-51(55-52)40-19-9-4-10-20-40/h2-34H,1H3/i2D,5D,6D,11D,12D,14D,15D,16D,22D,24D,25D,26D,27D,29D,30D,31D,32D. The van der Waals surface area contributed by atoms with Gasteiger partial charge in [-0.1, -0.05) is 157 Å². The second-order valence-corrected chi connectivity index (χ2v) is 13.9. The minimum absolute atomic E-state index is 0.150. The molecule has 10 aromatic rings. The first-order chi connectivity index (χ1) is 35.2. The van der Waals surface area contributed by atoms with Gasteiger partial charge >= 0.3 is 0 Å². The molecule has 0 saturated carbocycles. The Morgan fingerprint density at radius 1 is 0.456 bits per heavy atom. The lowest BCUT2D eigenvalue weighted by molar-refractivity contribution is 1.08. The van der Waals surface area contributed by atoms with E-state index < -0.39 is 131 Å². The fourth-order valence-corrected chi connectivity index (χ4v) is 7.68. The van der Waals surface area contributed by atoms with Crippen molar-refractivity contribution < 1.29 is 23.3 Å². The van der Waals surface area contributed by atoms with Crippen molar-refractivity contribution >= 4 is 48.6 Å². The van der Waals surface area contributed by atoms with Crippen LogP contribution in [-0.4, -0.2) is 15.0 Å². The van der Waals surface area contributed by atoms with Gasteiger partial charge in [0.05, 0.1) is 23.3 Å². The molecule has 270 valence electrons. The molecular weight excluding hydrogens is 713 g/mol. The van der Waals surface area contributed by atoms with Crippen molar-refractivity contribution in [1.82, 2.24) is 15.0 Å². The quantitative estimate of drug-likeness (QED) is 0.154. The number of aromatic nitrogens is 3. The number of anilines is 3. The first kappa shape index (κ1) is 20.6. The molecule has 4 nitrogen and oxygen atoms in total. The number of nitrogens with zero attached hydrogens (tertiary/aromatic N) is 4. The Morgan fingerprint density at radius 3 is 1.67 bits per heavy atom. The lowest BCUT2D eigenvalue weighted by atomic mass is 10.0. The molecule has 0 bridgehead atoms. The van der Waals surface area contributed by atoms with E-state index in [1.807, 2.05) is 84.9 Å². The monoisotopic (exact) mass is 765 g/mol. The molecular formula is C52H36N4S. The van der Waals surface area contributed by atoms with Crippen molar-refractivity contribution in [3.05, 3.63) is 205 Å². The lowest BCUT2D eigenvalue weighted by Gasteiger charge is -2.27. The van der Waals surface area contributed by atoms with Crippen molar-refractivity contribution in [3.63, 3.8) is 0 Å². The summed E-state index contributed by atoms with van der Waals surface area (Å²) in [5, 5.41) is 1.61. The smallest absolute Gasteiger partial charge is 0.164 e. The lowest BCUT2D eigenvalue weighted by Crippen LogP contribution is -2.11. The fourth-order valence-electron chi connectivity index (χ4n) is 6.50. The van der Waals surface area contributed by atoms with Gasteiger partial charge in [-0.15, -0.1) is 11.3 Å². The molecule has 0 amide bonds. The molecule has 0 N–H and O–H groups in total. The first-order valence-corrected chi connectivity index (χ1v) is 18.5. The Balaban J connectivity index is 1.17. The summed E-state index contributed by atoms with van der Waals surface area (Å²) in [4.78, 5) is 15.5. The van der Waals surface area contributed by atoms with E-state index in [9.17, 15) is 8.22 Å². The highest BCUT2D eigenvalue weighted by atomic mass is 32.1. The van der Waals surface area contributed by atoms with Gasteiger partial charge in [-0.25, -0.2) is 15.0 Å². The molecule has 0 fully saturated rings. The van der Waals surface area contributed by atoms with Gasteiger partial charge in [-0.05, 0) is 77.1 Å². The van der Waals surface area contributed by atoms with E-state index >= 15 is 0 Å². The number of rotatable bonds is 8. The average molecular weight is 766 g/mol. The molecule has 0 aliphatic carbocycles. The summed E-state index contributed by atoms with van der Waals surface area (Å²) < 4.78 is 153. The van der Waals surface area contributed by atoms with Crippen LogP contribution in [0.3, 0.4) is 0 Å². The SMILES string of the molecule is [2H]c1c([2H])c([2H])c(-c2c([2H])c([2H])c(N(c3c([2H])c([2H])c(-c4ccc5c(c4)sc4cccc(-c6nc(-c7ccccc7)nc(-c7ccccc7)n6)c45)c([2H])c3[2H])c3c([2H])c([2H])c([2H])c([2H])c3C)c([2H])c2[2H])c([2H])c1[2H]. The van der Waals surface area contributed by atoms with E-state index in [2.05, 4.69) is 0 Å². The second kappa shape index (κ2) is 14.8. The highest BCUT2D eigenvalue weighted by molar-refractivity contribution is 7.26. The molecule has 0 aliphatic heterocycles. The van der Waals surface area contributed by atoms with Crippen LogP contribution in [-0.2, 0) is 0 Å². The van der Waals surface area contributed by atoms with Crippen LogP contribution in [0.1, 0.15) is 28.9 Å². The summed E-state index contributed by atoms with van der Waals surface area (Å²) in [6.45, 7) is 1.29. The summed E-state index contributed by atoms with van der Waals surface area (Å²) in [5.41, 5.74) is -1.01. The third-order valence-electron chi connectivity index (χ3n) is 9.22. The van der Waals surface area contributed by atoms with Crippen molar-refractivity contribution in [2.75, 3.05) is 4.90 Å². The Labute approximate surface area is 360 Å². The minimum atomic E-state index is -0.945. The molecule has 5 heteroatoms. The molecule has 57 heavy (non-hydrogen) atoms. The number of para-hydroxylation sites is 1. The second-order valence-electron chi connectivity index (χ2n) is 12.8. The largest absolute Gasteiger partial charge is 0.310 e. The van der Waals surface area contributed by atoms with E-state index in [0.717, 1.165) is 37.1 Å². The Kier molecular flexibility index (Phi) is 5.36. The van der Waals surface area contributed by atoms with Crippen molar-refractivity contribution in [2.24, 2.45) is 0 Å². The molecule has 0 saturated heterocycles. The number of thiophene rings is 1. The Morgan fingerprint density at radius 2 is 1.02 bits per heavy atom. The molecule has 0 radical (unpaired) electrons. The maximum Gasteiger partial charge on any atom is 0.164 e. The van der Waals surface area contributed by atoms with E-state index in [4.69, 9.17) is 30.0 Å². The summed E-state index contributed by atoms with van der Waals surface area (Å²) in [6, 6.07) is 16.8. The van der Waals surface area contributed by atoms with E-state index in [1.165, 1.54) is 18.3 Å². The van der Waals surface area contributed by atoms with Gasteiger partial charge in [0.15, 0.2) is 17.5 Å². The number of fused-ring (bicyclic) bond motifs is 3. The first-order valence-electron chi connectivity index (χ1n) is 26.2. The highest BCUT2D eigenvalue weighted by Crippen LogP contribution is 2.42. The van der Waals surface area contributed by atoms with Gasteiger partial charge in [0.2, 0.25) is 0 Å². The van der Waals surface area contributed by atoms with Crippen LogP contribution >= 0.6 is 11.3 Å². The predicted octanol–water partition coefficient (Wildman–Crippen LogP) is 14.4. The fraction of sp³-hybridized carbons (Fsp3) is 0.0192. The molecule has 8 aromatic carbocycles. The maximum atomic E-state index is 9.56. The van der Waals surface area contributed by atoms with Gasteiger partial charge in [0.1, 0.15) is 0 Å². The zero-order valence-electron chi connectivity index (χ0n) is 46.9. The van der Waals surface area contributed by atoms with Crippen molar-refractivity contribution in [1.29, 1.82) is 0 Å². The average Bonchev–Trinajstić information content (AvgIpc) is 3.79. The molecule has 0 unspecified atom stereocenters. The summed E-state index contributed by atoms with van der Waals surface area (Å²) in [5.74, 6) is 1.38. The van der Waals surface area contributed by atoms with Gasteiger partial charge in [-0.3, -0.25) is 0 Å². The van der Waals surface area contributed by atoms with Crippen LogP contribution < -0.4 is 4.90 Å². The molecule has 0 spiro atoms. The van der Waals surface area contributed by atoms with Crippen LogP contribution in [0.15, 0.2) is 200 Å².